The van der Waals surface area contributed by atoms with Crippen molar-refractivity contribution < 1.29 is 29.0 Å². The highest BCUT2D eigenvalue weighted by Crippen LogP contribution is 2.25. The van der Waals surface area contributed by atoms with E-state index in [1.165, 1.54) is 6.08 Å². The number of hydrogen-bond acceptors (Lipinski definition) is 5. The predicted molar refractivity (Wildman–Crippen MR) is 86.6 cm³/mol. The van der Waals surface area contributed by atoms with Crippen molar-refractivity contribution in [3.8, 4) is 0 Å². The number of carbonyl (C=O) groups is 3. The van der Waals surface area contributed by atoms with Gasteiger partial charge < -0.3 is 25.2 Å². The summed E-state index contributed by atoms with van der Waals surface area (Å²) in [6.45, 7) is 8.72. The molecule has 8 nitrogen and oxygen atoms in total. The topological polar surface area (TPSA) is 114 Å². The number of carboxylic acids is 1. The molecule has 0 spiro atoms. The van der Waals surface area contributed by atoms with Gasteiger partial charge in [0.05, 0.1) is 18.0 Å². The highest BCUT2D eigenvalue weighted by Gasteiger charge is 2.36. The van der Waals surface area contributed by atoms with Crippen LogP contribution in [-0.4, -0.2) is 47.6 Å². The van der Waals surface area contributed by atoms with E-state index in [1.807, 2.05) is 0 Å². The van der Waals surface area contributed by atoms with Gasteiger partial charge >= 0.3 is 18.2 Å². The zero-order valence-corrected chi connectivity index (χ0v) is 14.3. The Morgan fingerprint density at radius 1 is 1.17 bits per heavy atom. The van der Waals surface area contributed by atoms with E-state index >= 15 is 0 Å². The first-order chi connectivity index (χ1) is 11.1. The summed E-state index contributed by atoms with van der Waals surface area (Å²) in [4.78, 5) is 34.9. The quantitative estimate of drug-likeness (QED) is 0.659. The van der Waals surface area contributed by atoms with Crippen molar-refractivity contribution >= 4 is 18.2 Å². The third kappa shape index (κ3) is 6.89. The van der Waals surface area contributed by atoms with Crippen LogP contribution in [0.4, 0.5) is 9.59 Å². The first-order valence-electron chi connectivity index (χ1n) is 7.89. The molecule has 1 aliphatic rings. The highest BCUT2D eigenvalue weighted by molar-refractivity contribution is 5.72. The van der Waals surface area contributed by atoms with Crippen LogP contribution in [-0.2, 0) is 14.3 Å². The van der Waals surface area contributed by atoms with Crippen molar-refractivity contribution in [2.24, 2.45) is 5.92 Å². The third-order valence-electron chi connectivity index (χ3n) is 3.54. The van der Waals surface area contributed by atoms with Gasteiger partial charge in [-0.15, -0.1) is 0 Å². The summed E-state index contributed by atoms with van der Waals surface area (Å²) in [5.41, 5.74) is -0.670. The molecular weight excluding hydrogens is 316 g/mol. The fourth-order valence-electron chi connectivity index (χ4n) is 2.51. The van der Waals surface area contributed by atoms with Crippen molar-refractivity contribution in [3.05, 3.63) is 12.7 Å². The van der Waals surface area contributed by atoms with E-state index in [0.717, 1.165) is 0 Å². The summed E-state index contributed by atoms with van der Waals surface area (Å²) < 4.78 is 10.1. The minimum atomic E-state index is -0.918. The number of amides is 2. The molecule has 24 heavy (non-hydrogen) atoms. The van der Waals surface area contributed by atoms with E-state index in [2.05, 4.69) is 17.2 Å². The molecular formula is C16H26N2O6. The van der Waals surface area contributed by atoms with Gasteiger partial charge in [0.15, 0.2) is 0 Å². The molecule has 0 aromatic rings. The van der Waals surface area contributed by atoms with Gasteiger partial charge in [-0.3, -0.25) is 4.79 Å². The third-order valence-corrected chi connectivity index (χ3v) is 3.54. The number of carbonyl (C=O) groups excluding carboxylic acids is 2. The maximum atomic E-state index is 12.0. The minimum Gasteiger partial charge on any atom is -0.481 e. The molecule has 1 fully saturated rings. The van der Waals surface area contributed by atoms with Crippen LogP contribution in [0.25, 0.3) is 0 Å². The molecule has 3 atom stereocenters. The van der Waals surface area contributed by atoms with Crippen LogP contribution in [0.2, 0.25) is 0 Å². The van der Waals surface area contributed by atoms with E-state index in [1.54, 1.807) is 20.8 Å². The molecule has 0 aromatic carbocycles. The van der Waals surface area contributed by atoms with Gasteiger partial charge in [-0.1, -0.05) is 12.7 Å². The summed E-state index contributed by atoms with van der Waals surface area (Å²) in [5, 5.41) is 14.5. The minimum absolute atomic E-state index is 0.0699. The zero-order valence-electron chi connectivity index (χ0n) is 14.3. The van der Waals surface area contributed by atoms with Gasteiger partial charge in [-0.25, -0.2) is 9.59 Å². The molecule has 8 heteroatoms. The standard InChI is InChI=1S/C16H26N2O6/c1-5-8-23-14(21)17-11-7-6-10(13(19)20)9-12(11)18-15(22)24-16(2,3)4/h5,10-12H,1,6-9H2,2-4H3,(H,17,21)(H,18,22)(H,19,20)/t10-,11-,12+/m0/s1. The molecule has 3 N–H and O–H groups in total. The molecule has 1 aliphatic carbocycles. The van der Waals surface area contributed by atoms with Crippen LogP contribution in [0.3, 0.4) is 0 Å². The molecule has 0 saturated heterocycles. The number of aliphatic carboxylic acids is 1. The zero-order chi connectivity index (χ0) is 18.3. The van der Waals surface area contributed by atoms with E-state index in [-0.39, 0.29) is 13.0 Å². The van der Waals surface area contributed by atoms with E-state index in [4.69, 9.17) is 9.47 Å². The van der Waals surface area contributed by atoms with E-state index < -0.39 is 41.8 Å². The SMILES string of the molecule is C=CCOC(=O)N[C@H]1CC[C@H](C(=O)O)C[C@H]1NC(=O)OC(C)(C)C. The maximum Gasteiger partial charge on any atom is 0.407 e. The first kappa shape index (κ1) is 19.8. The second kappa shape index (κ2) is 8.56. The van der Waals surface area contributed by atoms with Crippen molar-refractivity contribution in [1.82, 2.24) is 10.6 Å². The van der Waals surface area contributed by atoms with Gasteiger partial charge in [0.25, 0.3) is 0 Å². The van der Waals surface area contributed by atoms with Crippen molar-refractivity contribution in [3.63, 3.8) is 0 Å². The Labute approximate surface area is 141 Å². The monoisotopic (exact) mass is 342 g/mol. The van der Waals surface area contributed by atoms with Gasteiger partial charge in [0, 0.05) is 0 Å². The fraction of sp³-hybridized carbons (Fsp3) is 0.688. The molecule has 1 rings (SSSR count). The Balaban J connectivity index is 2.72. The lowest BCUT2D eigenvalue weighted by molar-refractivity contribution is -0.143. The largest absolute Gasteiger partial charge is 0.481 e. The molecule has 0 heterocycles. The van der Waals surface area contributed by atoms with Gasteiger partial charge in [0.2, 0.25) is 0 Å². The lowest BCUT2D eigenvalue weighted by Gasteiger charge is -2.35. The number of carboxylic acid groups (broad SMARTS) is 1. The summed E-state index contributed by atoms with van der Waals surface area (Å²) in [6, 6.07) is -0.976. The Kier molecular flexibility index (Phi) is 7.06. The number of ether oxygens (including phenoxy) is 2. The Morgan fingerprint density at radius 3 is 2.33 bits per heavy atom. The molecule has 0 radical (unpaired) electrons. The number of rotatable bonds is 5. The second-order valence-corrected chi connectivity index (χ2v) is 6.74. The Morgan fingerprint density at radius 2 is 1.79 bits per heavy atom. The smallest absolute Gasteiger partial charge is 0.407 e. The van der Waals surface area contributed by atoms with Gasteiger partial charge in [0.1, 0.15) is 12.2 Å². The summed E-state index contributed by atoms with van der Waals surface area (Å²) in [5.74, 6) is -1.49. The summed E-state index contributed by atoms with van der Waals surface area (Å²) in [6.07, 6.45) is 1.20. The van der Waals surface area contributed by atoms with E-state index in [9.17, 15) is 19.5 Å². The molecule has 0 aromatic heterocycles. The van der Waals surface area contributed by atoms with Gasteiger partial charge in [-0.05, 0) is 40.0 Å². The first-order valence-corrected chi connectivity index (χ1v) is 7.89. The number of hydrogen-bond donors (Lipinski definition) is 3. The predicted octanol–water partition coefficient (Wildman–Crippen LogP) is 2.05. The molecule has 136 valence electrons. The van der Waals surface area contributed by atoms with Crippen LogP contribution in [0, 0.1) is 5.92 Å². The number of nitrogens with one attached hydrogen (secondary N) is 2. The van der Waals surface area contributed by atoms with E-state index in [0.29, 0.717) is 12.8 Å². The number of alkyl carbamates (subject to hydrolysis) is 2. The lowest BCUT2D eigenvalue weighted by atomic mass is 9.82. The normalized spacial score (nSPS) is 23.7. The fourth-order valence-corrected chi connectivity index (χ4v) is 2.51. The Bertz CT molecular complexity index is 485. The van der Waals surface area contributed by atoms with Crippen LogP contribution in [0.5, 0.6) is 0 Å². The van der Waals surface area contributed by atoms with Crippen LogP contribution in [0.1, 0.15) is 40.0 Å². The van der Waals surface area contributed by atoms with Crippen LogP contribution >= 0.6 is 0 Å². The summed E-state index contributed by atoms with van der Waals surface area (Å²) in [7, 11) is 0. The van der Waals surface area contributed by atoms with Crippen LogP contribution < -0.4 is 10.6 Å². The van der Waals surface area contributed by atoms with Gasteiger partial charge in [-0.2, -0.15) is 0 Å². The van der Waals surface area contributed by atoms with Crippen molar-refractivity contribution in [2.75, 3.05) is 6.61 Å². The maximum absolute atomic E-state index is 12.0. The Hall–Kier alpha value is -2.25. The molecule has 0 aliphatic heterocycles. The molecule has 0 unspecified atom stereocenters. The van der Waals surface area contributed by atoms with Crippen LogP contribution in [0.15, 0.2) is 12.7 Å². The molecule has 2 amide bonds. The highest BCUT2D eigenvalue weighted by atomic mass is 16.6. The average molecular weight is 342 g/mol. The molecule has 0 bridgehead atoms. The van der Waals surface area contributed by atoms with Crippen molar-refractivity contribution in [2.45, 2.75) is 57.7 Å². The lowest BCUT2D eigenvalue weighted by Crippen LogP contribution is -2.56. The average Bonchev–Trinajstić information content (AvgIpc) is 2.44. The second-order valence-electron chi connectivity index (χ2n) is 6.74. The summed E-state index contributed by atoms with van der Waals surface area (Å²) >= 11 is 0. The molecule has 1 saturated carbocycles. The van der Waals surface area contributed by atoms with Crippen molar-refractivity contribution in [1.29, 1.82) is 0 Å².